The molecule has 0 aliphatic heterocycles. The van der Waals surface area contributed by atoms with E-state index in [0.717, 1.165) is 0 Å². The second-order valence-corrected chi connectivity index (χ2v) is 4.53. The number of hydrogen-bond acceptors (Lipinski definition) is 4. The number of carbonyl (C=O) groups excluding carboxylic acids is 1. The fourth-order valence-electron chi connectivity index (χ4n) is 1.68. The van der Waals surface area contributed by atoms with Gasteiger partial charge < -0.3 is 19.9 Å². The van der Waals surface area contributed by atoms with Crippen LogP contribution in [0.1, 0.15) is 23.7 Å². The van der Waals surface area contributed by atoms with Crippen molar-refractivity contribution < 1.29 is 24.2 Å². The van der Waals surface area contributed by atoms with Crippen LogP contribution in [-0.2, 0) is 9.53 Å². The van der Waals surface area contributed by atoms with E-state index in [1.807, 2.05) is 0 Å². The molecule has 1 aromatic rings. The lowest BCUT2D eigenvalue weighted by molar-refractivity contribution is -0.139. The van der Waals surface area contributed by atoms with Crippen LogP contribution in [0.5, 0.6) is 5.75 Å². The quantitative estimate of drug-likeness (QED) is 0.537. The molecule has 0 saturated carbocycles. The third kappa shape index (κ3) is 5.97. The average molecular weight is 307 g/mol. The van der Waals surface area contributed by atoms with Gasteiger partial charge in [0.2, 0.25) is 0 Å². The van der Waals surface area contributed by atoms with E-state index in [9.17, 15) is 9.59 Å². The summed E-state index contributed by atoms with van der Waals surface area (Å²) in [5.74, 6) is -0.872. The van der Waals surface area contributed by atoms with E-state index in [1.165, 1.54) is 0 Å². The van der Waals surface area contributed by atoms with Gasteiger partial charge in [0.1, 0.15) is 18.4 Å². The number of rotatable bonds is 9. The number of amides is 1. The Labute approximate surface area is 129 Å². The monoisotopic (exact) mass is 307 g/mol. The Bertz CT molecular complexity index is 510. The molecule has 1 amide bonds. The summed E-state index contributed by atoms with van der Waals surface area (Å²) in [6.07, 6.45) is 3.69. The van der Waals surface area contributed by atoms with Crippen LogP contribution in [0, 0.1) is 0 Å². The predicted molar refractivity (Wildman–Crippen MR) is 82.1 cm³/mol. The van der Waals surface area contributed by atoms with Gasteiger partial charge in [0.05, 0.1) is 6.61 Å². The molecule has 1 rings (SSSR count). The van der Waals surface area contributed by atoms with Crippen LogP contribution in [0.25, 0.3) is 0 Å². The van der Waals surface area contributed by atoms with Crippen molar-refractivity contribution in [1.82, 2.24) is 5.32 Å². The number of nitrogens with one attached hydrogen (secondary N) is 1. The zero-order chi connectivity index (χ0) is 16.4. The molecule has 6 heteroatoms. The molecule has 0 bridgehead atoms. The molecule has 1 unspecified atom stereocenters. The second kappa shape index (κ2) is 9.57. The molecule has 120 valence electrons. The number of hydrogen-bond donors (Lipinski definition) is 2. The van der Waals surface area contributed by atoms with Crippen LogP contribution in [0.2, 0.25) is 0 Å². The summed E-state index contributed by atoms with van der Waals surface area (Å²) in [4.78, 5) is 23.1. The molecular formula is C16H21NO5. The molecule has 6 nitrogen and oxygen atoms in total. The lowest BCUT2D eigenvalue weighted by Crippen LogP contribution is -2.40. The minimum atomic E-state index is -1.06. The number of methoxy groups -OCH3 is 1. The molecular weight excluding hydrogens is 286 g/mol. The largest absolute Gasteiger partial charge is 0.491 e. The van der Waals surface area contributed by atoms with Crippen molar-refractivity contribution in [2.75, 3.05) is 20.3 Å². The van der Waals surface area contributed by atoms with E-state index >= 15 is 0 Å². The van der Waals surface area contributed by atoms with Crippen molar-refractivity contribution in [3.8, 4) is 5.75 Å². The highest BCUT2D eigenvalue weighted by atomic mass is 16.5. The SMILES string of the molecule is C/C=C/CC(NC(=O)c1ccc(OCCOC)cc1)C(=O)O. The van der Waals surface area contributed by atoms with Crippen molar-refractivity contribution in [3.63, 3.8) is 0 Å². The van der Waals surface area contributed by atoms with Crippen molar-refractivity contribution in [2.24, 2.45) is 0 Å². The third-order valence-corrected chi connectivity index (χ3v) is 2.88. The first kappa shape index (κ1) is 17.7. The highest BCUT2D eigenvalue weighted by molar-refractivity contribution is 5.96. The predicted octanol–water partition coefficient (Wildman–Crippen LogP) is 1.86. The maximum absolute atomic E-state index is 12.0. The number of carboxylic acid groups (broad SMARTS) is 1. The molecule has 0 spiro atoms. The van der Waals surface area contributed by atoms with E-state index in [-0.39, 0.29) is 6.42 Å². The molecule has 2 N–H and O–H groups in total. The highest BCUT2D eigenvalue weighted by Crippen LogP contribution is 2.12. The fourth-order valence-corrected chi connectivity index (χ4v) is 1.68. The van der Waals surface area contributed by atoms with Crippen LogP contribution < -0.4 is 10.1 Å². The summed E-state index contributed by atoms with van der Waals surface area (Å²) in [7, 11) is 1.59. The Morgan fingerprint density at radius 2 is 1.95 bits per heavy atom. The number of allylic oxidation sites excluding steroid dienone is 1. The topological polar surface area (TPSA) is 84.9 Å². The van der Waals surface area contributed by atoms with Gasteiger partial charge in [-0.25, -0.2) is 4.79 Å². The normalized spacial score (nSPS) is 12.1. The fraction of sp³-hybridized carbons (Fsp3) is 0.375. The molecule has 1 aromatic carbocycles. The van der Waals surface area contributed by atoms with Gasteiger partial charge in [-0.2, -0.15) is 0 Å². The number of ether oxygens (including phenoxy) is 2. The van der Waals surface area contributed by atoms with Crippen LogP contribution in [0.15, 0.2) is 36.4 Å². The summed E-state index contributed by atoms with van der Waals surface area (Å²) >= 11 is 0. The standard InChI is InChI=1S/C16H21NO5/c1-3-4-5-14(16(19)20)17-15(18)12-6-8-13(9-7-12)22-11-10-21-2/h3-4,6-9,14H,5,10-11H2,1-2H3,(H,17,18)(H,19,20)/b4-3+. The van der Waals surface area contributed by atoms with Gasteiger partial charge in [0.25, 0.3) is 5.91 Å². The zero-order valence-corrected chi connectivity index (χ0v) is 12.7. The second-order valence-electron chi connectivity index (χ2n) is 4.53. The maximum atomic E-state index is 12.0. The lowest BCUT2D eigenvalue weighted by atomic mass is 10.1. The van der Waals surface area contributed by atoms with Crippen molar-refractivity contribution >= 4 is 11.9 Å². The van der Waals surface area contributed by atoms with Gasteiger partial charge in [0, 0.05) is 12.7 Å². The minimum Gasteiger partial charge on any atom is -0.491 e. The van der Waals surface area contributed by atoms with Crippen molar-refractivity contribution in [1.29, 1.82) is 0 Å². The van der Waals surface area contributed by atoms with E-state index < -0.39 is 17.9 Å². The number of benzene rings is 1. The number of carbonyl (C=O) groups is 2. The summed E-state index contributed by atoms with van der Waals surface area (Å²) in [6, 6.07) is 5.55. The molecule has 0 aliphatic carbocycles. The summed E-state index contributed by atoms with van der Waals surface area (Å²) in [5.41, 5.74) is 0.380. The Kier molecular flexibility index (Phi) is 7.70. The molecule has 0 aromatic heterocycles. The zero-order valence-electron chi connectivity index (χ0n) is 12.7. The first-order valence-corrected chi connectivity index (χ1v) is 6.95. The average Bonchev–Trinajstić information content (AvgIpc) is 2.51. The highest BCUT2D eigenvalue weighted by Gasteiger charge is 2.19. The molecule has 1 atom stereocenters. The van der Waals surface area contributed by atoms with Gasteiger partial charge in [-0.05, 0) is 37.6 Å². The molecule has 22 heavy (non-hydrogen) atoms. The Balaban J connectivity index is 2.62. The van der Waals surface area contributed by atoms with Crippen LogP contribution in [-0.4, -0.2) is 43.3 Å². The molecule has 0 saturated heterocycles. The Hall–Kier alpha value is -2.34. The first-order chi connectivity index (χ1) is 10.6. The van der Waals surface area contributed by atoms with Gasteiger partial charge in [0.15, 0.2) is 0 Å². The van der Waals surface area contributed by atoms with Crippen molar-refractivity contribution in [2.45, 2.75) is 19.4 Å². The smallest absolute Gasteiger partial charge is 0.326 e. The molecule has 0 radical (unpaired) electrons. The van der Waals surface area contributed by atoms with Crippen LogP contribution in [0.3, 0.4) is 0 Å². The lowest BCUT2D eigenvalue weighted by Gasteiger charge is -2.13. The van der Waals surface area contributed by atoms with Gasteiger partial charge >= 0.3 is 5.97 Å². The Morgan fingerprint density at radius 1 is 1.27 bits per heavy atom. The third-order valence-electron chi connectivity index (χ3n) is 2.88. The summed E-state index contributed by atoms with van der Waals surface area (Å²) in [5, 5.41) is 11.6. The molecule has 0 fully saturated rings. The molecule has 0 heterocycles. The van der Waals surface area contributed by atoms with E-state index in [4.69, 9.17) is 14.6 Å². The van der Waals surface area contributed by atoms with Crippen molar-refractivity contribution in [3.05, 3.63) is 42.0 Å². The maximum Gasteiger partial charge on any atom is 0.326 e. The molecule has 0 aliphatic rings. The summed E-state index contributed by atoms with van der Waals surface area (Å²) in [6.45, 7) is 2.70. The Morgan fingerprint density at radius 3 is 2.50 bits per heavy atom. The van der Waals surface area contributed by atoms with Gasteiger partial charge in [-0.1, -0.05) is 12.2 Å². The van der Waals surface area contributed by atoms with Crippen LogP contribution in [0.4, 0.5) is 0 Å². The van der Waals surface area contributed by atoms with Gasteiger partial charge in [-0.3, -0.25) is 4.79 Å². The van der Waals surface area contributed by atoms with Crippen LogP contribution >= 0.6 is 0 Å². The van der Waals surface area contributed by atoms with E-state index in [2.05, 4.69) is 5.32 Å². The number of carboxylic acids is 1. The minimum absolute atomic E-state index is 0.246. The number of aliphatic carboxylic acids is 1. The summed E-state index contributed by atoms with van der Waals surface area (Å²) < 4.78 is 10.3. The first-order valence-electron chi connectivity index (χ1n) is 6.95. The van der Waals surface area contributed by atoms with E-state index in [1.54, 1.807) is 50.5 Å². The van der Waals surface area contributed by atoms with E-state index in [0.29, 0.717) is 24.5 Å². The van der Waals surface area contributed by atoms with Gasteiger partial charge in [-0.15, -0.1) is 0 Å².